The fourth-order valence-electron chi connectivity index (χ4n) is 4.60. The average Bonchev–Trinajstić information content (AvgIpc) is 2.94. The van der Waals surface area contributed by atoms with Gasteiger partial charge in [0.1, 0.15) is 17.9 Å². The normalized spacial score (nSPS) is 13.1. The zero-order valence-corrected chi connectivity index (χ0v) is 23.8. The highest BCUT2D eigenvalue weighted by Gasteiger charge is 2.62. The second kappa shape index (κ2) is 13.8. The Bertz CT molecular complexity index is 1440. The topological polar surface area (TPSA) is 98.9 Å². The Kier molecular flexibility index (Phi) is 10.7. The summed E-state index contributed by atoms with van der Waals surface area (Å²) in [4.78, 5) is 39.2. The van der Waals surface area contributed by atoms with E-state index in [4.69, 9.17) is 15.2 Å². The van der Waals surface area contributed by atoms with E-state index in [1.807, 2.05) is 0 Å². The number of nitrogens with zero attached hydrogens (tertiary/aromatic N) is 1. The number of ether oxygens (including phenoxy) is 2. The van der Waals surface area contributed by atoms with Gasteiger partial charge in [-0.05, 0) is 55.3 Å². The molecule has 0 heterocycles. The lowest BCUT2D eigenvalue weighted by atomic mass is 9.80. The van der Waals surface area contributed by atoms with Gasteiger partial charge in [0.15, 0.2) is 11.3 Å². The summed E-state index contributed by atoms with van der Waals surface area (Å²) in [5.74, 6) is -3.26. The third-order valence-corrected chi connectivity index (χ3v) is 6.75. The Balaban J connectivity index is 2.21. The number of ketones is 1. The number of carbonyl (C=O) groups is 3. The SMILES string of the molecule is COc1ccc(N(C(=O)CC(N)=O)C(CC(=O)c2ccc(C)cc2)(c2ccc(OCCCC(F)(F)F)cc2)C(F)(F)F)cc1. The number of methoxy groups -OCH3 is 1. The van der Waals surface area contributed by atoms with Gasteiger partial charge in [-0.3, -0.25) is 19.3 Å². The number of nitrogens with two attached hydrogens (primary N) is 1. The first-order valence-electron chi connectivity index (χ1n) is 13.3. The van der Waals surface area contributed by atoms with E-state index in [9.17, 15) is 27.6 Å². The van der Waals surface area contributed by atoms with Gasteiger partial charge in [0.25, 0.3) is 0 Å². The van der Waals surface area contributed by atoms with Crippen LogP contribution in [0.2, 0.25) is 0 Å². The van der Waals surface area contributed by atoms with Crippen molar-refractivity contribution in [1.82, 2.24) is 0 Å². The molecule has 236 valence electrons. The summed E-state index contributed by atoms with van der Waals surface area (Å²) in [7, 11) is 1.33. The summed E-state index contributed by atoms with van der Waals surface area (Å²) in [6.45, 7) is 1.37. The van der Waals surface area contributed by atoms with Crippen LogP contribution in [0.5, 0.6) is 11.5 Å². The van der Waals surface area contributed by atoms with Crippen LogP contribution in [-0.4, -0.2) is 43.7 Å². The van der Waals surface area contributed by atoms with Crippen molar-refractivity contribution in [2.24, 2.45) is 5.73 Å². The molecule has 0 saturated carbocycles. The van der Waals surface area contributed by atoms with Crippen LogP contribution in [-0.2, 0) is 15.1 Å². The molecule has 2 N–H and O–H groups in total. The number of aryl methyl sites for hydroxylation is 1. The van der Waals surface area contributed by atoms with E-state index in [0.717, 1.165) is 29.8 Å². The molecule has 0 aliphatic heterocycles. The van der Waals surface area contributed by atoms with Gasteiger partial charge in [0.2, 0.25) is 11.8 Å². The van der Waals surface area contributed by atoms with Crippen molar-refractivity contribution in [2.45, 2.75) is 50.5 Å². The molecule has 2 amide bonds. The lowest BCUT2D eigenvalue weighted by Gasteiger charge is -2.45. The molecule has 0 aliphatic carbocycles. The van der Waals surface area contributed by atoms with Crippen LogP contribution in [0.25, 0.3) is 0 Å². The highest BCUT2D eigenvalue weighted by atomic mass is 19.4. The Labute approximate surface area is 249 Å². The third-order valence-electron chi connectivity index (χ3n) is 6.75. The summed E-state index contributed by atoms with van der Waals surface area (Å²) in [5, 5.41) is 0. The zero-order chi connectivity index (χ0) is 32.7. The molecule has 1 atom stereocenters. The summed E-state index contributed by atoms with van der Waals surface area (Å²) in [6, 6.07) is 14.9. The van der Waals surface area contributed by atoms with Gasteiger partial charge in [-0.2, -0.15) is 26.3 Å². The van der Waals surface area contributed by atoms with Crippen LogP contribution in [0.3, 0.4) is 0 Å². The summed E-state index contributed by atoms with van der Waals surface area (Å²) < 4.78 is 94.6. The van der Waals surface area contributed by atoms with Gasteiger partial charge in [-0.25, -0.2) is 0 Å². The van der Waals surface area contributed by atoms with Crippen LogP contribution in [0.15, 0.2) is 72.8 Å². The predicted octanol–water partition coefficient (Wildman–Crippen LogP) is 6.66. The van der Waals surface area contributed by atoms with Gasteiger partial charge in [-0.15, -0.1) is 0 Å². The zero-order valence-electron chi connectivity index (χ0n) is 23.8. The van der Waals surface area contributed by atoms with Crippen molar-refractivity contribution in [3.8, 4) is 11.5 Å². The van der Waals surface area contributed by atoms with E-state index in [2.05, 4.69) is 0 Å². The molecule has 7 nitrogen and oxygen atoms in total. The number of Topliss-reactive ketones (excluding diaryl/α,β-unsaturated/α-hetero) is 1. The van der Waals surface area contributed by atoms with Gasteiger partial charge >= 0.3 is 12.4 Å². The molecule has 0 saturated heterocycles. The van der Waals surface area contributed by atoms with Crippen molar-refractivity contribution < 1.29 is 50.2 Å². The maximum absolute atomic E-state index is 15.6. The Hall–Kier alpha value is -4.55. The lowest BCUT2D eigenvalue weighted by molar-refractivity contribution is -0.192. The second-order valence-electron chi connectivity index (χ2n) is 9.99. The molecule has 3 aromatic rings. The van der Waals surface area contributed by atoms with E-state index in [1.165, 1.54) is 43.5 Å². The molecule has 0 spiro atoms. The van der Waals surface area contributed by atoms with Crippen molar-refractivity contribution in [3.05, 3.63) is 89.5 Å². The number of halogens is 6. The highest BCUT2D eigenvalue weighted by Crippen LogP contribution is 2.50. The Morgan fingerprint density at radius 1 is 0.818 bits per heavy atom. The molecular formula is C31H30F6N2O5. The fraction of sp³-hybridized carbons (Fsp3) is 0.323. The summed E-state index contributed by atoms with van der Waals surface area (Å²) in [6.07, 6.45) is -13.6. The maximum atomic E-state index is 15.6. The summed E-state index contributed by atoms with van der Waals surface area (Å²) in [5.41, 5.74) is 1.68. The molecule has 0 bridgehead atoms. The number of primary amides is 1. The number of carbonyl (C=O) groups excluding carboxylic acids is 3. The summed E-state index contributed by atoms with van der Waals surface area (Å²) >= 11 is 0. The largest absolute Gasteiger partial charge is 0.497 e. The van der Waals surface area contributed by atoms with Crippen molar-refractivity contribution in [3.63, 3.8) is 0 Å². The first kappa shape index (κ1) is 33.9. The average molecular weight is 625 g/mol. The van der Waals surface area contributed by atoms with Crippen LogP contribution >= 0.6 is 0 Å². The molecule has 1 unspecified atom stereocenters. The Morgan fingerprint density at radius 2 is 1.39 bits per heavy atom. The van der Waals surface area contributed by atoms with Gasteiger partial charge in [-0.1, -0.05) is 42.0 Å². The van der Waals surface area contributed by atoms with Crippen LogP contribution < -0.4 is 20.1 Å². The van der Waals surface area contributed by atoms with E-state index in [0.29, 0.717) is 4.90 Å². The Morgan fingerprint density at radius 3 is 1.89 bits per heavy atom. The standard InChI is InChI=1S/C31H30F6N2O5/c1-20-4-6-21(7-5-20)26(40)19-29(31(35,36)37,22-8-12-25(13-9-22)44-17-3-16-30(32,33)34)39(28(42)18-27(38)41)23-10-14-24(43-2)15-11-23/h4-15H,3,16-19H2,1-2H3,(H2,38,41). The minimum absolute atomic E-state index is 0.0312. The van der Waals surface area contributed by atoms with E-state index >= 15 is 13.2 Å². The van der Waals surface area contributed by atoms with Gasteiger partial charge in [0, 0.05) is 24.1 Å². The number of amides is 2. The number of anilines is 1. The third kappa shape index (κ3) is 8.29. The molecule has 3 aromatic carbocycles. The molecule has 13 heteroatoms. The number of rotatable bonds is 13. The molecule has 0 aromatic heterocycles. The number of hydrogen-bond donors (Lipinski definition) is 1. The number of benzene rings is 3. The molecule has 0 fully saturated rings. The molecule has 3 rings (SSSR count). The number of alkyl halides is 6. The smallest absolute Gasteiger partial charge is 0.416 e. The monoisotopic (exact) mass is 624 g/mol. The number of hydrogen-bond acceptors (Lipinski definition) is 5. The molecule has 44 heavy (non-hydrogen) atoms. The van der Waals surface area contributed by atoms with Gasteiger partial charge in [0.05, 0.1) is 13.7 Å². The minimum atomic E-state index is -5.32. The molecular weight excluding hydrogens is 594 g/mol. The van der Waals surface area contributed by atoms with Crippen LogP contribution in [0.4, 0.5) is 32.0 Å². The van der Waals surface area contributed by atoms with E-state index in [1.54, 1.807) is 19.1 Å². The predicted molar refractivity (Wildman–Crippen MR) is 149 cm³/mol. The maximum Gasteiger partial charge on any atom is 0.416 e. The quantitative estimate of drug-likeness (QED) is 0.0992. The first-order chi connectivity index (χ1) is 20.6. The van der Waals surface area contributed by atoms with Crippen molar-refractivity contribution in [2.75, 3.05) is 18.6 Å². The van der Waals surface area contributed by atoms with Crippen molar-refractivity contribution in [1.29, 1.82) is 0 Å². The van der Waals surface area contributed by atoms with E-state index < -0.39 is 60.3 Å². The minimum Gasteiger partial charge on any atom is -0.497 e. The highest BCUT2D eigenvalue weighted by molar-refractivity contribution is 6.07. The molecule has 0 radical (unpaired) electrons. The van der Waals surface area contributed by atoms with Crippen molar-refractivity contribution >= 4 is 23.3 Å². The second-order valence-corrected chi connectivity index (χ2v) is 9.99. The van der Waals surface area contributed by atoms with Crippen LogP contribution in [0.1, 0.15) is 47.2 Å². The fourth-order valence-corrected chi connectivity index (χ4v) is 4.60. The first-order valence-corrected chi connectivity index (χ1v) is 13.3. The van der Waals surface area contributed by atoms with Gasteiger partial charge < -0.3 is 15.2 Å². The van der Waals surface area contributed by atoms with Crippen LogP contribution in [0, 0.1) is 6.92 Å². The van der Waals surface area contributed by atoms with E-state index in [-0.39, 0.29) is 35.8 Å². The lowest BCUT2D eigenvalue weighted by Crippen LogP contribution is -2.60. The molecule has 0 aliphatic rings.